The van der Waals surface area contributed by atoms with Gasteiger partial charge in [-0.3, -0.25) is 13.8 Å². The van der Waals surface area contributed by atoms with E-state index in [0.717, 1.165) is 44.9 Å². The third kappa shape index (κ3) is 41.6. The van der Waals surface area contributed by atoms with Gasteiger partial charge in [-0.2, -0.15) is 0 Å². The zero-order valence-corrected chi connectivity index (χ0v) is 36.1. The van der Waals surface area contributed by atoms with Crippen LogP contribution in [-0.2, 0) is 27.9 Å². The quantitative estimate of drug-likeness (QED) is 0.0166. The molecule has 1 N–H and O–H groups in total. The van der Waals surface area contributed by atoms with Crippen molar-refractivity contribution in [1.29, 1.82) is 0 Å². The Bertz CT molecular complexity index is 947. The van der Waals surface area contributed by atoms with Gasteiger partial charge in [0.25, 0.3) is 0 Å². The molecule has 8 nitrogen and oxygen atoms in total. The van der Waals surface area contributed by atoms with E-state index >= 15 is 0 Å². The molecule has 0 saturated heterocycles. The minimum atomic E-state index is -4.27. The van der Waals surface area contributed by atoms with Crippen molar-refractivity contribution in [3.05, 3.63) is 36.6 Å². The molecule has 0 aliphatic rings. The number of rotatable bonds is 40. The largest absolute Gasteiger partial charge is 0.492 e. The molecule has 0 aromatic carbocycles. The zero-order chi connectivity index (χ0) is 39.1. The van der Waals surface area contributed by atoms with Gasteiger partial charge >= 0.3 is 13.8 Å². The van der Waals surface area contributed by atoms with Crippen LogP contribution in [0.15, 0.2) is 36.6 Å². The van der Waals surface area contributed by atoms with Crippen LogP contribution in [0, 0.1) is 0 Å². The molecule has 0 aromatic heterocycles. The summed E-state index contributed by atoms with van der Waals surface area (Å²) in [6.45, 7) is 4.88. The number of allylic oxidation sites excluding steroid dienone is 5. The van der Waals surface area contributed by atoms with Gasteiger partial charge in [0.1, 0.15) is 19.8 Å². The first-order valence-corrected chi connectivity index (χ1v) is 23.3. The van der Waals surface area contributed by atoms with Gasteiger partial charge in [-0.1, -0.05) is 134 Å². The van der Waals surface area contributed by atoms with Crippen molar-refractivity contribution in [2.75, 3.05) is 47.5 Å². The van der Waals surface area contributed by atoms with Gasteiger partial charge in [-0.15, -0.1) is 0 Å². The van der Waals surface area contributed by atoms with Crippen molar-refractivity contribution >= 4 is 13.8 Å². The number of likely N-dealkylation sites (N-methyl/N-ethyl adjacent to an activating group) is 1. The number of phosphoric ester groups is 1. The standard InChI is InChI=1S/C44H84NO7P/c1-6-8-10-12-14-16-18-20-22-24-26-28-30-32-34-36-39-49-43(42-52-53(47,48)51-40-38-45(3,4)5)41-50-44(46)37-35-33-31-29-27-25-23-21-19-17-15-13-11-9-7-2/h17,19-20,22,36,39,43H,6-16,18,21,23-35,37-38,40-42H2,1-5H3/p+1/b19-17-,22-20-,39-36-. The van der Waals surface area contributed by atoms with Crippen molar-refractivity contribution in [1.82, 2.24) is 0 Å². The molecule has 9 heteroatoms. The average Bonchev–Trinajstić information content (AvgIpc) is 3.11. The molecule has 0 spiro atoms. The summed E-state index contributed by atoms with van der Waals surface area (Å²) in [5, 5.41) is 0. The summed E-state index contributed by atoms with van der Waals surface area (Å²) in [7, 11) is 1.66. The fourth-order valence-electron chi connectivity index (χ4n) is 5.76. The molecule has 53 heavy (non-hydrogen) atoms. The summed E-state index contributed by atoms with van der Waals surface area (Å²) in [6.07, 6.45) is 44.2. The predicted molar refractivity (Wildman–Crippen MR) is 224 cm³/mol. The van der Waals surface area contributed by atoms with Crippen molar-refractivity contribution in [2.45, 2.75) is 193 Å². The molecule has 0 rings (SSSR count). The second-order valence-corrected chi connectivity index (χ2v) is 17.2. The number of unbranched alkanes of at least 4 members (excludes halogenated alkanes) is 22. The Morgan fingerprint density at radius 2 is 1.00 bits per heavy atom. The molecule has 0 aromatic rings. The normalized spacial score (nSPS) is 14.1. The monoisotopic (exact) mass is 771 g/mol. The first-order chi connectivity index (χ1) is 25.6. The highest BCUT2D eigenvalue weighted by molar-refractivity contribution is 7.47. The van der Waals surface area contributed by atoms with E-state index in [2.05, 4.69) is 38.2 Å². The minimum Gasteiger partial charge on any atom is -0.492 e. The molecule has 0 fully saturated rings. The first-order valence-electron chi connectivity index (χ1n) is 21.8. The highest BCUT2D eigenvalue weighted by atomic mass is 31.2. The van der Waals surface area contributed by atoms with Crippen LogP contribution in [0.2, 0.25) is 0 Å². The van der Waals surface area contributed by atoms with E-state index in [9.17, 15) is 14.3 Å². The minimum absolute atomic E-state index is 0.0540. The summed E-state index contributed by atoms with van der Waals surface area (Å²) in [5.41, 5.74) is 0. The van der Waals surface area contributed by atoms with Gasteiger partial charge in [0.15, 0.2) is 6.10 Å². The van der Waals surface area contributed by atoms with Crippen LogP contribution in [0.4, 0.5) is 0 Å². The second-order valence-electron chi connectivity index (χ2n) is 15.8. The molecular formula is C44H85NO7P+. The maximum absolute atomic E-state index is 12.5. The summed E-state index contributed by atoms with van der Waals surface area (Å²) < 4.78 is 34.7. The SMILES string of the molecule is CCCCCC/C=C\CCCCCCCCCC(=O)OCC(COP(=O)(O)OCC[N+](C)(C)C)O/C=C\CCCCCC/C=C\CCCCCCCC. The number of carbonyl (C=O) groups excluding carboxylic acids is 1. The highest BCUT2D eigenvalue weighted by Gasteiger charge is 2.25. The van der Waals surface area contributed by atoms with Gasteiger partial charge in [0.05, 0.1) is 34.0 Å². The second kappa shape index (κ2) is 37.5. The third-order valence-electron chi connectivity index (χ3n) is 9.26. The number of quaternary nitrogens is 1. The van der Waals surface area contributed by atoms with Gasteiger partial charge in [0.2, 0.25) is 0 Å². The molecule has 2 unspecified atom stereocenters. The van der Waals surface area contributed by atoms with Crippen LogP contribution < -0.4 is 0 Å². The molecule has 0 aliphatic carbocycles. The summed E-state index contributed by atoms with van der Waals surface area (Å²) in [5.74, 6) is -0.285. The number of hydrogen-bond donors (Lipinski definition) is 1. The van der Waals surface area contributed by atoms with E-state index < -0.39 is 13.9 Å². The molecule has 0 amide bonds. The van der Waals surface area contributed by atoms with Crippen molar-refractivity contribution in [2.24, 2.45) is 0 Å². The zero-order valence-electron chi connectivity index (χ0n) is 35.3. The molecular weight excluding hydrogens is 685 g/mol. The summed E-state index contributed by atoms with van der Waals surface area (Å²) >= 11 is 0. The van der Waals surface area contributed by atoms with E-state index in [1.807, 2.05) is 27.2 Å². The molecule has 0 aliphatic heterocycles. The molecule has 0 heterocycles. The number of phosphoric acid groups is 1. The molecule has 312 valence electrons. The molecule has 0 bridgehead atoms. The van der Waals surface area contributed by atoms with Gasteiger partial charge in [-0.25, -0.2) is 4.57 Å². The number of ether oxygens (including phenoxy) is 2. The lowest BCUT2D eigenvalue weighted by Gasteiger charge is -2.24. The number of hydrogen-bond acceptors (Lipinski definition) is 6. The van der Waals surface area contributed by atoms with Crippen LogP contribution in [0.5, 0.6) is 0 Å². The van der Waals surface area contributed by atoms with Gasteiger partial charge in [0, 0.05) is 6.42 Å². The number of esters is 1. The van der Waals surface area contributed by atoms with Crippen molar-refractivity contribution in [3.8, 4) is 0 Å². The Morgan fingerprint density at radius 1 is 0.585 bits per heavy atom. The lowest BCUT2D eigenvalue weighted by molar-refractivity contribution is -0.870. The van der Waals surface area contributed by atoms with E-state index in [4.69, 9.17) is 18.5 Å². The van der Waals surface area contributed by atoms with Crippen molar-refractivity contribution < 1.29 is 37.3 Å². The maximum Gasteiger partial charge on any atom is 0.472 e. The maximum atomic E-state index is 12.5. The Hall–Kier alpha value is -1.44. The van der Waals surface area contributed by atoms with Crippen LogP contribution in [0.1, 0.15) is 187 Å². The van der Waals surface area contributed by atoms with Crippen LogP contribution in [0.25, 0.3) is 0 Å². The molecule has 0 saturated carbocycles. The number of nitrogens with zero attached hydrogens (tertiary/aromatic N) is 1. The Balaban J connectivity index is 4.31. The fourth-order valence-corrected chi connectivity index (χ4v) is 6.50. The van der Waals surface area contributed by atoms with Crippen LogP contribution >= 0.6 is 7.82 Å². The van der Waals surface area contributed by atoms with Gasteiger partial charge in [-0.05, 0) is 76.7 Å². The Kier molecular flexibility index (Phi) is 36.5. The third-order valence-corrected chi connectivity index (χ3v) is 10.2. The van der Waals surface area contributed by atoms with Crippen LogP contribution in [-0.4, -0.2) is 69.0 Å². The fraction of sp³-hybridized carbons (Fsp3) is 0.841. The van der Waals surface area contributed by atoms with E-state index in [1.165, 1.54) is 122 Å². The summed E-state index contributed by atoms with van der Waals surface area (Å²) in [4.78, 5) is 22.6. The Labute approximate surface area is 327 Å². The topological polar surface area (TPSA) is 91.3 Å². The molecule has 2 atom stereocenters. The lowest BCUT2D eigenvalue weighted by atomic mass is 10.1. The number of carbonyl (C=O) groups is 1. The lowest BCUT2D eigenvalue weighted by Crippen LogP contribution is -2.37. The van der Waals surface area contributed by atoms with E-state index in [-0.39, 0.29) is 25.8 Å². The predicted octanol–water partition coefficient (Wildman–Crippen LogP) is 13.0. The van der Waals surface area contributed by atoms with Crippen LogP contribution in [0.3, 0.4) is 0 Å². The molecule has 0 radical (unpaired) electrons. The van der Waals surface area contributed by atoms with E-state index in [0.29, 0.717) is 17.4 Å². The summed E-state index contributed by atoms with van der Waals surface area (Å²) in [6, 6.07) is 0. The van der Waals surface area contributed by atoms with Crippen molar-refractivity contribution in [3.63, 3.8) is 0 Å². The van der Waals surface area contributed by atoms with E-state index in [1.54, 1.807) is 6.26 Å². The smallest absolute Gasteiger partial charge is 0.472 e. The first kappa shape index (κ1) is 51.6. The average molecular weight is 771 g/mol. The highest BCUT2D eigenvalue weighted by Crippen LogP contribution is 2.43. The Morgan fingerprint density at radius 3 is 1.47 bits per heavy atom. The van der Waals surface area contributed by atoms with Gasteiger partial charge < -0.3 is 18.9 Å².